The Morgan fingerprint density at radius 3 is 2.44 bits per heavy atom. The number of carbonyl (C=O) groups excluding carboxylic acids is 1. The van der Waals surface area contributed by atoms with Crippen LogP contribution in [0.3, 0.4) is 0 Å². The van der Waals surface area contributed by atoms with Gasteiger partial charge >= 0.3 is 18.9 Å². The largest absolute Gasteiger partial charge is 1.00 e. The fourth-order valence-corrected chi connectivity index (χ4v) is 2.00. The van der Waals surface area contributed by atoms with Gasteiger partial charge in [0.2, 0.25) is 0 Å². The number of hydrogen-bond acceptors (Lipinski definition) is 4. The molecule has 16 heavy (non-hydrogen) atoms. The van der Waals surface area contributed by atoms with Crippen molar-refractivity contribution in [2.24, 2.45) is 0 Å². The van der Waals surface area contributed by atoms with Crippen LogP contribution in [0.4, 0.5) is 0 Å². The monoisotopic (exact) mass is 245 g/mol. The summed E-state index contributed by atoms with van der Waals surface area (Å²) in [6.45, 7) is 0. The average molecular weight is 246 g/mol. The van der Waals surface area contributed by atoms with Crippen molar-refractivity contribution < 1.29 is 28.8 Å². The molecule has 6 heteroatoms. The molecule has 0 aliphatic heterocycles. The van der Waals surface area contributed by atoms with E-state index >= 15 is 0 Å². The zero-order chi connectivity index (χ0) is 10.8. The van der Waals surface area contributed by atoms with Crippen LogP contribution >= 0.6 is 22.9 Å². The van der Waals surface area contributed by atoms with E-state index in [0.717, 1.165) is 21.8 Å². The molecule has 0 saturated carbocycles. The van der Waals surface area contributed by atoms with Crippen molar-refractivity contribution in [2.75, 3.05) is 0 Å². The van der Waals surface area contributed by atoms with Crippen molar-refractivity contribution in [1.82, 2.24) is 4.98 Å². The zero-order valence-corrected chi connectivity index (χ0v) is 10.0. The van der Waals surface area contributed by atoms with Gasteiger partial charge in [-0.15, -0.1) is 11.3 Å². The van der Waals surface area contributed by atoms with Crippen LogP contribution in [0.15, 0.2) is 30.5 Å². The van der Waals surface area contributed by atoms with Gasteiger partial charge in [0.05, 0.1) is 4.88 Å². The number of benzene rings is 1. The van der Waals surface area contributed by atoms with Gasteiger partial charge < -0.3 is 9.90 Å². The van der Waals surface area contributed by atoms with E-state index in [4.69, 9.17) is 11.6 Å². The molecule has 2 aromatic rings. The van der Waals surface area contributed by atoms with Gasteiger partial charge in [0.1, 0.15) is 11.0 Å². The summed E-state index contributed by atoms with van der Waals surface area (Å²) in [5.41, 5.74) is 0.893. The standard InChI is InChI=1S/C10H6ClNO2S.Li/c11-7-3-1-6(2-4-7)8-5-12-9(15-8)10(13)14;/h1-5H,(H,13,14);/q;+1/p-1. The molecule has 1 aromatic carbocycles. The Labute approximate surface area is 113 Å². The number of halogens is 1. The molecule has 0 bridgehead atoms. The molecule has 0 aliphatic carbocycles. The van der Waals surface area contributed by atoms with Gasteiger partial charge in [-0.1, -0.05) is 23.7 Å². The Kier molecular flexibility index (Phi) is 4.57. The van der Waals surface area contributed by atoms with Gasteiger partial charge in [0, 0.05) is 11.2 Å². The van der Waals surface area contributed by atoms with E-state index in [0.29, 0.717) is 5.02 Å². The van der Waals surface area contributed by atoms with Gasteiger partial charge in [0.25, 0.3) is 0 Å². The van der Waals surface area contributed by atoms with Gasteiger partial charge in [0.15, 0.2) is 0 Å². The molecule has 76 valence electrons. The molecule has 2 rings (SSSR count). The average Bonchev–Trinajstić information content (AvgIpc) is 2.68. The minimum absolute atomic E-state index is 0. The van der Waals surface area contributed by atoms with Crippen LogP contribution in [-0.4, -0.2) is 11.0 Å². The second-order valence-electron chi connectivity index (χ2n) is 2.82. The van der Waals surface area contributed by atoms with Crippen LogP contribution in [-0.2, 0) is 0 Å². The zero-order valence-electron chi connectivity index (χ0n) is 8.44. The van der Waals surface area contributed by atoms with E-state index in [-0.39, 0.29) is 23.9 Å². The third-order valence-corrected chi connectivity index (χ3v) is 3.09. The van der Waals surface area contributed by atoms with Crippen molar-refractivity contribution in [3.63, 3.8) is 0 Å². The molecule has 0 amide bonds. The van der Waals surface area contributed by atoms with E-state index in [1.165, 1.54) is 6.20 Å². The van der Waals surface area contributed by atoms with Crippen LogP contribution in [0.1, 0.15) is 9.80 Å². The van der Waals surface area contributed by atoms with Crippen molar-refractivity contribution >= 4 is 28.9 Å². The first-order valence-electron chi connectivity index (χ1n) is 4.10. The molecule has 0 fully saturated rings. The number of aromatic carboxylic acids is 1. The Hall–Kier alpha value is -0.793. The topological polar surface area (TPSA) is 53.0 Å². The van der Waals surface area contributed by atoms with Crippen LogP contribution < -0.4 is 24.0 Å². The maximum absolute atomic E-state index is 10.5. The summed E-state index contributed by atoms with van der Waals surface area (Å²) in [6.07, 6.45) is 1.51. The third kappa shape index (κ3) is 2.87. The van der Waals surface area contributed by atoms with Crippen molar-refractivity contribution in [3.8, 4) is 10.4 Å². The molecular weight excluding hydrogens is 241 g/mol. The normalized spacial score (nSPS) is 9.56. The maximum Gasteiger partial charge on any atom is 1.00 e. The Balaban J connectivity index is 0.00000128. The number of carboxylic acid groups (broad SMARTS) is 1. The fourth-order valence-electron chi connectivity index (χ4n) is 1.12. The number of carboxylic acids is 1. The van der Waals surface area contributed by atoms with Crippen LogP contribution in [0.25, 0.3) is 10.4 Å². The molecular formula is C10H5ClLiNO2S. The summed E-state index contributed by atoms with van der Waals surface area (Å²) >= 11 is 6.82. The molecule has 0 saturated heterocycles. The molecule has 0 atom stereocenters. The summed E-state index contributed by atoms with van der Waals surface area (Å²) in [5, 5.41) is 11.1. The summed E-state index contributed by atoms with van der Waals surface area (Å²) in [6, 6.07) is 7.12. The summed E-state index contributed by atoms with van der Waals surface area (Å²) in [4.78, 5) is 15.0. The Bertz CT molecular complexity index is 498. The van der Waals surface area contributed by atoms with Crippen LogP contribution in [0, 0.1) is 0 Å². The SMILES string of the molecule is O=C([O-])c1ncc(-c2ccc(Cl)cc2)s1.[Li+]. The number of nitrogens with zero attached hydrogens (tertiary/aromatic N) is 1. The first-order chi connectivity index (χ1) is 7.16. The summed E-state index contributed by atoms with van der Waals surface area (Å²) < 4.78 is 0. The molecule has 0 aliphatic rings. The number of carbonyl (C=O) groups is 1. The fraction of sp³-hybridized carbons (Fsp3) is 0. The first-order valence-corrected chi connectivity index (χ1v) is 5.29. The number of rotatable bonds is 2. The Morgan fingerprint density at radius 2 is 1.94 bits per heavy atom. The Morgan fingerprint density at radius 1 is 1.31 bits per heavy atom. The van der Waals surface area contributed by atoms with Crippen LogP contribution in [0.2, 0.25) is 5.02 Å². The second-order valence-corrected chi connectivity index (χ2v) is 4.29. The first kappa shape index (κ1) is 13.3. The molecule has 1 aromatic heterocycles. The molecule has 0 radical (unpaired) electrons. The predicted molar refractivity (Wildman–Crippen MR) is 56.9 cm³/mol. The quantitative estimate of drug-likeness (QED) is 0.627. The third-order valence-electron chi connectivity index (χ3n) is 1.81. The van der Waals surface area contributed by atoms with Gasteiger partial charge in [-0.25, -0.2) is 4.98 Å². The van der Waals surface area contributed by atoms with Gasteiger partial charge in [-0.2, -0.15) is 0 Å². The van der Waals surface area contributed by atoms with Crippen molar-refractivity contribution in [3.05, 3.63) is 40.5 Å². The number of aromatic nitrogens is 1. The molecule has 0 N–H and O–H groups in total. The van der Waals surface area contributed by atoms with E-state index in [9.17, 15) is 9.90 Å². The second kappa shape index (κ2) is 5.51. The minimum atomic E-state index is -1.25. The van der Waals surface area contributed by atoms with Crippen LogP contribution in [0.5, 0.6) is 0 Å². The summed E-state index contributed by atoms with van der Waals surface area (Å²) in [5.74, 6) is -1.25. The van der Waals surface area contributed by atoms with E-state index in [1.807, 2.05) is 12.1 Å². The molecule has 0 spiro atoms. The summed E-state index contributed by atoms with van der Waals surface area (Å²) in [7, 11) is 0. The molecule has 3 nitrogen and oxygen atoms in total. The number of hydrogen-bond donors (Lipinski definition) is 0. The van der Waals surface area contributed by atoms with E-state index in [2.05, 4.69) is 4.98 Å². The van der Waals surface area contributed by atoms with Gasteiger partial charge in [-0.05, 0) is 17.7 Å². The smallest absolute Gasteiger partial charge is 0.542 e. The minimum Gasteiger partial charge on any atom is -0.542 e. The van der Waals surface area contributed by atoms with Gasteiger partial charge in [-0.3, -0.25) is 0 Å². The predicted octanol–water partition coefficient (Wildman–Crippen LogP) is -1.17. The molecule has 1 heterocycles. The number of thiazole rings is 1. The molecule has 0 unspecified atom stereocenters. The van der Waals surface area contributed by atoms with Crippen molar-refractivity contribution in [2.45, 2.75) is 0 Å². The van der Waals surface area contributed by atoms with E-state index in [1.54, 1.807) is 12.1 Å². The van der Waals surface area contributed by atoms with Crippen molar-refractivity contribution in [1.29, 1.82) is 0 Å². The van der Waals surface area contributed by atoms with E-state index < -0.39 is 5.97 Å². The maximum atomic E-state index is 10.5.